The van der Waals surface area contributed by atoms with Gasteiger partial charge in [-0.25, -0.2) is 4.98 Å². The van der Waals surface area contributed by atoms with E-state index < -0.39 is 0 Å². The van der Waals surface area contributed by atoms with Crippen LogP contribution in [0.3, 0.4) is 0 Å². The molecule has 0 aliphatic heterocycles. The Morgan fingerprint density at radius 2 is 2.10 bits per heavy atom. The van der Waals surface area contributed by atoms with E-state index >= 15 is 0 Å². The predicted octanol–water partition coefficient (Wildman–Crippen LogP) is 3.14. The maximum atomic E-state index is 11.8. The Morgan fingerprint density at radius 1 is 1.33 bits per heavy atom. The molecular weight excluding hydrogens is 282 g/mol. The van der Waals surface area contributed by atoms with E-state index in [0.717, 1.165) is 29.2 Å². The number of carbonyl (C=O) groups is 1. The van der Waals surface area contributed by atoms with Gasteiger partial charge in [0.25, 0.3) is 0 Å². The summed E-state index contributed by atoms with van der Waals surface area (Å²) >= 11 is 1.86. The van der Waals surface area contributed by atoms with Crippen molar-refractivity contribution in [2.45, 2.75) is 38.4 Å². The standard InChI is InChI=1S/C16H23N3OS/c1-16(2,3)21-11-10-17-15(20)9-8-14-18-12-6-4-5-7-13(12)19-14/h4-7H,8-11H2,1-3H3,(H,17,20)(H,18,19). The SMILES string of the molecule is CC(C)(C)SCCNC(=O)CCc1nc2ccccc2[nH]1. The Hall–Kier alpha value is -1.49. The van der Waals surface area contributed by atoms with Crippen molar-refractivity contribution in [3.8, 4) is 0 Å². The van der Waals surface area contributed by atoms with Gasteiger partial charge in [0.2, 0.25) is 5.91 Å². The van der Waals surface area contributed by atoms with Crippen molar-refractivity contribution in [2.24, 2.45) is 0 Å². The second-order valence-electron chi connectivity index (χ2n) is 6.01. The molecule has 2 N–H and O–H groups in total. The van der Waals surface area contributed by atoms with Gasteiger partial charge in [-0.1, -0.05) is 32.9 Å². The second-order valence-corrected chi connectivity index (χ2v) is 7.93. The molecule has 1 aromatic carbocycles. The maximum absolute atomic E-state index is 11.8. The first-order valence-corrected chi connectivity index (χ1v) is 8.27. The maximum Gasteiger partial charge on any atom is 0.220 e. The van der Waals surface area contributed by atoms with E-state index in [4.69, 9.17) is 0 Å². The average Bonchev–Trinajstić information content (AvgIpc) is 2.83. The fraction of sp³-hybridized carbons (Fsp3) is 0.500. The van der Waals surface area contributed by atoms with E-state index in [1.54, 1.807) is 0 Å². The van der Waals surface area contributed by atoms with Crippen molar-refractivity contribution < 1.29 is 4.79 Å². The fourth-order valence-corrected chi connectivity index (χ4v) is 2.81. The number of para-hydroxylation sites is 2. The quantitative estimate of drug-likeness (QED) is 0.806. The number of thioether (sulfide) groups is 1. The molecule has 0 spiro atoms. The number of hydrogen-bond donors (Lipinski definition) is 2. The zero-order valence-corrected chi connectivity index (χ0v) is 13.7. The fourth-order valence-electron chi connectivity index (χ4n) is 1.99. The van der Waals surface area contributed by atoms with Crippen molar-refractivity contribution >= 4 is 28.7 Å². The highest BCUT2D eigenvalue weighted by atomic mass is 32.2. The van der Waals surface area contributed by atoms with Crippen molar-refractivity contribution in [3.05, 3.63) is 30.1 Å². The highest BCUT2D eigenvalue weighted by molar-refractivity contribution is 8.00. The molecule has 2 aromatic rings. The first-order chi connectivity index (χ1) is 9.94. The third-order valence-corrected chi connectivity index (χ3v) is 4.26. The first-order valence-electron chi connectivity index (χ1n) is 7.28. The smallest absolute Gasteiger partial charge is 0.220 e. The van der Waals surface area contributed by atoms with Crippen LogP contribution in [0.15, 0.2) is 24.3 Å². The number of fused-ring (bicyclic) bond motifs is 1. The highest BCUT2D eigenvalue weighted by Crippen LogP contribution is 2.22. The predicted molar refractivity (Wildman–Crippen MR) is 89.6 cm³/mol. The largest absolute Gasteiger partial charge is 0.355 e. The summed E-state index contributed by atoms with van der Waals surface area (Å²) in [5, 5.41) is 2.96. The minimum absolute atomic E-state index is 0.0879. The number of aromatic nitrogens is 2. The molecule has 0 radical (unpaired) electrons. The number of nitrogens with zero attached hydrogens (tertiary/aromatic N) is 1. The number of carbonyl (C=O) groups excluding carboxylic acids is 1. The van der Waals surface area contributed by atoms with Gasteiger partial charge in [-0.3, -0.25) is 4.79 Å². The minimum atomic E-state index is 0.0879. The Balaban J connectivity index is 1.71. The van der Waals surface area contributed by atoms with E-state index in [9.17, 15) is 4.79 Å². The summed E-state index contributed by atoms with van der Waals surface area (Å²) in [5.41, 5.74) is 1.98. The summed E-state index contributed by atoms with van der Waals surface area (Å²) in [7, 11) is 0. The Labute approximate surface area is 130 Å². The van der Waals surface area contributed by atoms with Crippen molar-refractivity contribution in [3.63, 3.8) is 0 Å². The molecular formula is C16H23N3OS. The highest BCUT2D eigenvalue weighted by Gasteiger charge is 2.10. The molecule has 0 unspecified atom stereocenters. The number of imidazole rings is 1. The Morgan fingerprint density at radius 3 is 2.81 bits per heavy atom. The summed E-state index contributed by atoms with van der Waals surface area (Å²) in [6.45, 7) is 7.27. The average molecular weight is 305 g/mol. The number of aromatic amines is 1. The summed E-state index contributed by atoms with van der Waals surface area (Å²) in [5.74, 6) is 1.90. The lowest BCUT2D eigenvalue weighted by atomic mass is 10.3. The summed E-state index contributed by atoms with van der Waals surface area (Å²) < 4.78 is 0.249. The molecule has 0 atom stereocenters. The van der Waals surface area contributed by atoms with E-state index in [0.29, 0.717) is 12.8 Å². The molecule has 2 rings (SSSR count). The number of amides is 1. The van der Waals surface area contributed by atoms with Gasteiger partial charge in [-0.05, 0) is 12.1 Å². The third kappa shape index (κ3) is 5.42. The van der Waals surface area contributed by atoms with E-state index in [2.05, 4.69) is 36.1 Å². The second kappa shape index (κ2) is 6.98. The molecule has 0 saturated carbocycles. The first kappa shape index (κ1) is 15.9. The van der Waals surface area contributed by atoms with Crippen LogP contribution in [0.4, 0.5) is 0 Å². The number of aryl methyl sites for hydroxylation is 1. The zero-order chi connectivity index (χ0) is 15.3. The molecule has 0 fully saturated rings. The summed E-state index contributed by atoms with van der Waals surface area (Å²) in [6.07, 6.45) is 1.12. The van der Waals surface area contributed by atoms with E-state index in [1.807, 2.05) is 36.0 Å². The molecule has 1 aromatic heterocycles. The van der Waals surface area contributed by atoms with Gasteiger partial charge in [0.15, 0.2) is 0 Å². The van der Waals surface area contributed by atoms with Crippen molar-refractivity contribution in [2.75, 3.05) is 12.3 Å². The summed E-state index contributed by atoms with van der Waals surface area (Å²) in [4.78, 5) is 19.5. The molecule has 0 saturated heterocycles. The van der Waals surface area contributed by atoms with Crippen LogP contribution in [0.2, 0.25) is 0 Å². The topological polar surface area (TPSA) is 57.8 Å². The van der Waals surface area contributed by atoms with Gasteiger partial charge in [0.1, 0.15) is 5.82 Å². The van der Waals surface area contributed by atoms with Gasteiger partial charge < -0.3 is 10.3 Å². The van der Waals surface area contributed by atoms with Gasteiger partial charge in [-0.2, -0.15) is 11.8 Å². The molecule has 0 aliphatic carbocycles. The van der Waals surface area contributed by atoms with Gasteiger partial charge in [0, 0.05) is 29.9 Å². The number of nitrogens with one attached hydrogen (secondary N) is 2. The lowest BCUT2D eigenvalue weighted by Gasteiger charge is -2.17. The van der Waals surface area contributed by atoms with E-state index in [-0.39, 0.29) is 10.7 Å². The molecule has 1 heterocycles. The number of rotatable bonds is 6. The number of H-pyrrole nitrogens is 1. The minimum Gasteiger partial charge on any atom is -0.355 e. The van der Waals surface area contributed by atoms with Crippen LogP contribution >= 0.6 is 11.8 Å². The van der Waals surface area contributed by atoms with Crippen molar-refractivity contribution in [1.82, 2.24) is 15.3 Å². The molecule has 1 amide bonds. The summed E-state index contributed by atoms with van der Waals surface area (Å²) in [6, 6.07) is 7.91. The van der Waals surface area contributed by atoms with Crippen LogP contribution in [0.1, 0.15) is 33.0 Å². The molecule has 114 valence electrons. The molecule has 0 bridgehead atoms. The van der Waals surface area contributed by atoms with Crippen LogP contribution in [-0.4, -0.2) is 32.9 Å². The zero-order valence-electron chi connectivity index (χ0n) is 12.9. The Kier molecular flexibility index (Phi) is 5.28. The number of benzene rings is 1. The number of hydrogen-bond acceptors (Lipinski definition) is 3. The van der Waals surface area contributed by atoms with Crippen LogP contribution in [-0.2, 0) is 11.2 Å². The van der Waals surface area contributed by atoms with E-state index in [1.165, 1.54) is 0 Å². The van der Waals surface area contributed by atoms with Crippen molar-refractivity contribution in [1.29, 1.82) is 0 Å². The molecule has 4 nitrogen and oxygen atoms in total. The van der Waals surface area contributed by atoms with Crippen LogP contribution in [0, 0.1) is 0 Å². The lowest BCUT2D eigenvalue weighted by Crippen LogP contribution is -2.27. The monoisotopic (exact) mass is 305 g/mol. The van der Waals surface area contributed by atoms with Crippen LogP contribution in [0.5, 0.6) is 0 Å². The van der Waals surface area contributed by atoms with Crippen LogP contribution in [0.25, 0.3) is 11.0 Å². The van der Waals surface area contributed by atoms with Crippen LogP contribution < -0.4 is 5.32 Å². The van der Waals surface area contributed by atoms with Gasteiger partial charge in [-0.15, -0.1) is 0 Å². The molecule has 5 heteroatoms. The van der Waals surface area contributed by atoms with Gasteiger partial charge >= 0.3 is 0 Å². The van der Waals surface area contributed by atoms with Gasteiger partial charge in [0.05, 0.1) is 11.0 Å². The molecule has 0 aliphatic rings. The lowest BCUT2D eigenvalue weighted by molar-refractivity contribution is -0.120. The molecule has 21 heavy (non-hydrogen) atoms. The Bertz CT molecular complexity index is 568. The third-order valence-electron chi connectivity index (χ3n) is 2.99. The normalized spacial score (nSPS) is 11.8.